The molecule has 2 aromatic rings. The zero-order valence-electron chi connectivity index (χ0n) is 15.7. The standard InChI is InChI=1S/C20H26N2O3.ClH/c1-4-21-9-7-20(8-10-21)22(11-12-24-20)19(23)18-15(3)16-6-5-14(2)13-17(16)25-18;/h5-6,13H,4,7-12H2,1-3H3;1H. The highest BCUT2D eigenvalue weighted by molar-refractivity contribution is 5.99. The van der Waals surface area contributed by atoms with Gasteiger partial charge in [-0.25, -0.2) is 0 Å². The van der Waals surface area contributed by atoms with Crippen LogP contribution >= 0.6 is 12.4 Å². The summed E-state index contributed by atoms with van der Waals surface area (Å²) in [5.41, 5.74) is 2.39. The predicted molar refractivity (Wildman–Crippen MR) is 104 cm³/mol. The van der Waals surface area contributed by atoms with Crippen molar-refractivity contribution in [3.63, 3.8) is 0 Å². The Labute approximate surface area is 160 Å². The van der Waals surface area contributed by atoms with E-state index in [4.69, 9.17) is 9.15 Å². The lowest BCUT2D eigenvalue weighted by Gasteiger charge is -2.43. The molecule has 1 aromatic carbocycles. The second-order valence-corrected chi connectivity index (χ2v) is 7.24. The van der Waals surface area contributed by atoms with E-state index in [2.05, 4.69) is 17.9 Å². The minimum Gasteiger partial charge on any atom is -0.451 e. The fraction of sp³-hybridized carbons (Fsp3) is 0.550. The Morgan fingerprint density at radius 3 is 2.62 bits per heavy atom. The van der Waals surface area contributed by atoms with Gasteiger partial charge in [0.05, 0.1) is 6.61 Å². The first-order valence-electron chi connectivity index (χ1n) is 9.22. The fourth-order valence-electron chi connectivity index (χ4n) is 4.19. The summed E-state index contributed by atoms with van der Waals surface area (Å²) in [6.07, 6.45) is 1.73. The Hall–Kier alpha value is -1.56. The summed E-state index contributed by atoms with van der Waals surface area (Å²) in [7, 11) is 0. The number of benzene rings is 1. The number of carbonyl (C=O) groups excluding carboxylic acids is 1. The molecule has 0 aliphatic carbocycles. The molecule has 4 rings (SSSR count). The zero-order valence-corrected chi connectivity index (χ0v) is 16.5. The molecule has 2 fully saturated rings. The first-order valence-corrected chi connectivity index (χ1v) is 9.22. The Balaban J connectivity index is 0.00000196. The number of furan rings is 1. The molecule has 0 saturated carbocycles. The van der Waals surface area contributed by atoms with E-state index in [0.29, 0.717) is 18.9 Å². The predicted octanol–water partition coefficient (Wildman–Crippen LogP) is 3.76. The van der Waals surface area contributed by atoms with Crippen LogP contribution in [-0.2, 0) is 4.74 Å². The number of rotatable bonds is 2. The number of hydrogen-bond acceptors (Lipinski definition) is 4. The van der Waals surface area contributed by atoms with Crippen LogP contribution in [0.1, 0.15) is 41.4 Å². The summed E-state index contributed by atoms with van der Waals surface area (Å²) >= 11 is 0. The Morgan fingerprint density at radius 1 is 1.19 bits per heavy atom. The van der Waals surface area contributed by atoms with Crippen molar-refractivity contribution in [2.45, 2.75) is 39.3 Å². The molecule has 0 atom stereocenters. The van der Waals surface area contributed by atoms with Crippen LogP contribution in [0.4, 0.5) is 0 Å². The highest BCUT2D eigenvalue weighted by atomic mass is 35.5. The molecule has 5 nitrogen and oxygen atoms in total. The molecule has 2 saturated heterocycles. The van der Waals surface area contributed by atoms with E-state index in [-0.39, 0.29) is 18.3 Å². The molecule has 0 bridgehead atoms. The highest BCUT2D eigenvalue weighted by Gasteiger charge is 2.47. The van der Waals surface area contributed by atoms with Crippen molar-refractivity contribution in [3.8, 4) is 0 Å². The van der Waals surface area contributed by atoms with Crippen molar-refractivity contribution in [1.82, 2.24) is 9.80 Å². The Morgan fingerprint density at radius 2 is 1.92 bits per heavy atom. The van der Waals surface area contributed by atoms with Crippen molar-refractivity contribution in [1.29, 1.82) is 0 Å². The normalized spacial score (nSPS) is 19.9. The number of likely N-dealkylation sites (tertiary alicyclic amines) is 1. The minimum absolute atomic E-state index is 0. The molecular formula is C20H27ClN2O3. The Kier molecular flexibility index (Phi) is 5.33. The van der Waals surface area contributed by atoms with Crippen LogP contribution in [0, 0.1) is 13.8 Å². The number of piperidine rings is 1. The van der Waals surface area contributed by atoms with Crippen LogP contribution in [0.15, 0.2) is 22.6 Å². The largest absolute Gasteiger partial charge is 0.451 e. The van der Waals surface area contributed by atoms with E-state index in [9.17, 15) is 4.79 Å². The van der Waals surface area contributed by atoms with Gasteiger partial charge in [-0.05, 0) is 32.0 Å². The second kappa shape index (κ2) is 7.22. The topological polar surface area (TPSA) is 45.9 Å². The summed E-state index contributed by atoms with van der Waals surface area (Å²) in [4.78, 5) is 17.6. The molecule has 0 unspecified atom stereocenters. The van der Waals surface area contributed by atoms with Gasteiger partial charge in [0.15, 0.2) is 5.76 Å². The third-order valence-corrected chi connectivity index (χ3v) is 5.80. The van der Waals surface area contributed by atoms with Crippen molar-refractivity contribution in [2.75, 3.05) is 32.8 Å². The molecule has 1 spiro atoms. The van der Waals surface area contributed by atoms with Crippen molar-refractivity contribution >= 4 is 29.3 Å². The maximum Gasteiger partial charge on any atom is 0.292 e. The van der Waals surface area contributed by atoms with E-state index >= 15 is 0 Å². The monoisotopic (exact) mass is 378 g/mol. The van der Waals surface area contributed by atoms with Crippen LogP contribution in [0.25, 0.3) is 11.0 Å². The number of aryl methyl sites for hydroxylation is 2. The molecule has 1 aromatic heterocycles. The molecule has 2 aliphatic heterocycles. The summed E-state index contributed by atoms with van der Waals surface area (Å²) in [6, 6.07) is 6.09. The average molecular weight is 379 g/mol. The molecule has 3 heterocycles. The molecule has 2 aliphatic rings. The van der Waals surface area contributed by atoms with E-state index < -0.39 is 5.72 Å². The quantitative estimate of drug-likeness (QED) is 0.798. The average Bonchev–Trinajstić information content (AvgIpc) is 3.16. The third-order valence-electron chi connectivity index (χ3n) is 5.80. The maximum atomic E-state index is 13.3. The fourth-order valence-corrected chi connectivity index (χ4v) is 4.19. The van der Waals surface area contributed by atoms with Gasteiger partial charge < -0.3 is 19.0 Å². The number of amides is 1. The van der Waals surface area contributed by atoms with Gasteiger partial charge in [-0.1, -0.05) is 19.1 Å². The van der Waals surface area contributed by atoms with Crippen LogP contribution in [-0.4, -0.2) is 54.2 Å². The van der Waals surface area contributed by atoms with Gasteiger partial charge in [-0.3, -0.25) is 4.79 Å². The minimum atomic E-state index is -0.454. The van der Waals surface area contributed by atoms with E-state index in [1.54, 1.807) is 0 Å². The van der Waals surface area contributed by atoms with Crippen LogP contribution in [0.3, 0.4) is 0 Å². The smallest absolute Gasteiger partial charge is 0.292 e. The highest BCUT2D eigenvalue weighted by Crippen LogP contribution is 2.37. The number of fused-ring (bicyclic) bond motifs is 1. The van der Waals surface area contributed by atoms with E-state index in [0.717, 1.165) is 54.6 Å². The molecule has 1 amide bonds. The van der Waals surface area contributed by atoms with Crippen LogP contribution in [0.5, 0.6) is 0 Å². The lowest BCUT2D eigenvalue weighted by molar-refractivity contribution is -0.105. The van der Waals surface area contributed by atoms with Gasteiger partial charge in [0, 0.05) is 43.4 Å². The van der Waals surface area contributed by atoms with E-state index in [1.165, 1.54) is 0 Å². The number of ether oxygens (including phenoxy) is 1. The van der Waals surface area contributed by atoms with Gasteiger partial charge in [-0.2, -0.15) is 0 Å². The van der Waals surface area contributed by atoms with Crippen LogP contribution < -0.4 is 0 Å². The Bertz CT molecular complexity index is 809. The maximum absolute atomic E-state index is 13.3. The first-order chi connectivity index (χ1) is 12.0. The third kappa shape index (κ3) is 3.02. The summed E-state index contributed by atoms with van der Waals surface area (Å²) in [6.45, 7) is 10.4. The lowest BCUT2D eigenvalue weighted by atomic mass is 9.98. The van der Waals surface area contributed by atoms with Gasteiger partial charge in [0.2, 0.25) is 0 Å². The van der Waals surface area contributed by atoms with Crippen molar-refractivity contribution in [3.05, 3.63) is 35.1 Å². The number of nitrogens with zero attached hydrogens (tertiary/aromatic N) is 2. The van der Waals surface area contributed by atoms with Gasteiger partial charge in [0.25, 0.3) is 5.91 Å². The summed E-state index contributed by atoms with van der Waals surface area (Å²) in [5.74, 6) is 0.428. The second-order valence-electron chi connectivity index (χ2n) is 7.24. The first kappa shape index (κ1) is 19.2. The van der Waals surface area contributed by atoms with Gasteiger partial charge >= 0.3 is 0 Å². The van der Waals surface area contributed by atoms with Crippen molar-refractivity contribution < 1.29 is 13.9 Å². The molecule has 0 N–H and O–H groups in total. The number of halogens is 1. The SMILES string of the molecule is CCN1CCC2(CC1)OCCN2C(=O)c1oc2cc(C)ccc2c1C.Cl. The van der Waals surface area contributed by atoms with Crippen molar-refractivity contribution in [2.24, 2.45) is 0 Å². The molecule has 6 heteroatoms. The summed E-state index contributed by atoms with van der Waals surface area (Å²) < 4.78 is 12.1. The van der Waals surface area contributed by atoms with Gasteiger partial charge in [0.1, 0.15) is 11.3 Å². The van der Waals surface area contributed by atoms with E-state index in [1.807, 2.05) is 30.9 Å². The van der Waals surface area contributed by atoms with Crippen LogP contribution in [0.2, 0.25) is 0 Å². The summed E-state index contributed by atoms with van der Waals surface area (Å²) in [5, 5.41) is 1.02. The molecule has 0 radical (unpaired) electrons. The number of hydrogen-bond donors (Lipinski definition) is 0. The molecule has 26 heavy (non-hydrogen) atoms. The lowest BCUT2D eigenvalue weighted by Crippen LogP contribution is -2.54. The molecular weight excluding hydrogens is 352 g/mol. The zero-order chi connectivity index (χ0) is 17.6. The number of carbonyl (C=O) groups is 1. The molecule has 142 valence electrons. The van der Waals surface area contributed by atoms with Gasteiger partial charge in [-0.15, -0.1) is 12.4 Å².